The van der Waals surface area contributed by atoms with Gasteiger partial charge in [0.1, 0.15) is 9.79 Å². The summed E-state index contributed by atoms with van der Waals surface area (Å²) >= 11 is 0. The molecule has 0 aliphatic carbocycles. The maximum atomic E-state index is 12.8. The highest BCUT2D eigenvalue weighted by molar-refractivity contribution is 7.89. The van der Waals surface area contributed by atoms with Crippen molar-refractivity contribution in [2.45, 2.75) is 28.5 Å². The summed E-state index contributed by atoms with van der Waals surface area (Å²) in [6.45, 7) is 3.45. The van der Waals surface area contributed by atoms with Gasteiger partial charge in [-0.15, -0.1) is 5.16 Å². The van der Waals surface area contributed by atoms with Crippen LogP contribution >= 0.6 is 0 Å². The molecular formula is C25H23NO10S3. The van der Waals surface area contributed by atoms with E-state index >= 15 is 0 Å². The maximum Gasteiger partial charge on any atom is 0.339 e. The third kappa shape index (κ3) is 7.40. The fourth-order valence-electron chi connectivity index (χ4n) is 3.14. The topological polar surface area (TPSA) is 163 Å². The monoisotopic (exact) mass is 593 g/mol. The molecule has 1 N–H and O–H groups in total. The van der Waals surface area contributed by atoms with Gasteiger partial charge >= 0.3 is 30.4 Å². The van der Waals surface area contributed by atoms with E-state index in [0.717, 1.165) is 17.7 Å². The molecular weight excluding hydrogens is 570 g/mol. The van der Waals surface area contributed by atoms with Gasteiger partial charge in [-0.05, 0) is 50.2 Å². The summed E-state index contributed by atoms with van der Waals surface area (Å²) < 4.78 is 89.6. The quantitative estimate of drug-likeness (QED) is 0.102. The van der Waals surface area contributed by atoms with Crippen LogP contribution in [0.2, 0.25) is 0 Å². The normalized spacial score (nSPS) is 12.2. The smallest absolute Gasteiger partial charge is 0.339 e. The molecule has 0 aliphatic heterocycles. The van der Waals surface area contributed by atoms with Crippen molar-refractivity contribution in [1.82, 2.24) is 0 Å². The lowest BCUT2D eigenvalue weighted by Crippen LogP contribution is -2.14. The Labute approximate surface area is 226 Å². The Balaban J connectivity index is 0.000000983. The highest BCUT2D eigenvalue weighted by Gasteiger charge is 2.27. The van der Waals surface area contributed by atoms with Gasteiger partial charge < -0.3 is 9.39 Å². The number of benzene rings is 4. The Kier molecular flexibility index (Phi) is 9.42. The van der Waals surface area contributed by atoms with Crippen molar-refractivity contribution in [3.8, 4) is 5.75 Å². The summed E-state index contributed by atoms with van der Waals surface area (Å²) in [4.78, 5) is -0.826. The predicted octanol–water partition coefficient (Wildman–Crippen LogP) is 4.41. The second kappa shape index (κ2) is 12.4. The molecule has 14 heteroatoms. The average Bonchev–Trinajstić information content (AvgIpc) is 2.93. The molecule has 0 saturated carbocycles. The van der Waals surface area contributed by atoms with Gasteiger partial charge in [-0.3, -0.25) is 0 Å². The fraction of sp³-hybridized carbons (Fsp3) is 0.0800. The zero-order valence-corrected chi connectivity index (χ0v) is 23.0. The summed E-state index contributed by atoms with van der Waals surface area (Å²) in [7, 11) is -13.5. The van der Waals surface area contributed by atoms with Crippen molar-refractivity contribution in [1.29, 1.82) is 0 Å². The minimum atomic E-state index is -4.75. The Morgan fingerprint density at radius 1 is 0.641 bits per heavy atom. The van der Waals surface area contributed by atoms with E-state index in [4.69, 9.17) is 9.39 Å². The van der Waals surface area contributed by atoms with E-state index in [1.165, 1.54) is 60.8 Å². The van der Waals surface area contributed by atoms with E-state index < -0.39 is 35.2 Å². The molecule has 206 valence electrons. The summed E-state index contributed by atoms with van der Waals surface area (Å²) in [5.41, 5.74) is 0.862. The number of hydrogen-bond donors (Lipinski definition) is 1. The highest BCUT2D eigenvalue weighted by atomic mass is 32.2. The Hall–Kier alpha value is -3.82. The highest BCUT2D eigenvalue weighted by Crippen LogP contribution is 2.34. The lowest BCUT2D eigenvalue weighted by Gasteiger charge is -2.13. The molecule has 0 aromatic heterocycles. The molecule has 0 aliphatic rings. The van der Waals surface area contributed by atoms with E-state index in [0.29, 0.717) is 0 Å². The van der Waals surface area contributed by atoms with Gasteiger partial charge in [0.05, 0.1) is 4.90 Å². The Morgan fingerprint density at radius 3 is 1.74 bits per heavy atom. The van der Waals surface area contributed by atoms with Crippen molar-refractivity contribution in [3.63, 3.8) is 0 Å². The standard InChI is InChI=1S/C23H18O9S3.C2H5NO/c1-17-11-13-19(14-12-17)33(24,25)30-22-15-16-23(21-10-6-5-9-20(21)22)35(28,29)32-31-34(26,27)18-7-3-2-4-8-18;1-2-3-4/h2-16H,1H3;2,4H,1H3. The lowest BCUT2D eigenvalue weighted by atomic mass is 10.1. The molecule has 39 heavy (non-hydrogen) atoms. The van der Waals surface area contributed by atoms with Gasteiger partial charge in [-0.2, -0.15) is 25.3 Å². The Morgan fingerprint density at radius 2 is 1.15 bits per heavy atom. The van der Waals surface area contributed by atoms with Gasteiger partial charge in [-0.25, -0.2) is 0 Å². The van der Waals surface area contributed by atoms with Gasteiger partial charge in [0.25, 0.3) is 0 Å². The van der Waals surface area contributed by atoms with Crippen LogP contribution < -0.4 is 4.18 Å². The van der Waals surface area contributed by atoms with Gasteiger partial charge in [0.2, 0.25) is 0 Å². The second-order valence-electron chi connectivity index (χ2n) is 7.69. The number of hydrogen-bond acceptors (Lipinski definition) is 11. The summed E-state index contributed by atoms with van der Waals surface area (Å²) in [6, 6.07) is 21.0. The van der Waals surface area contributed by atoms with E-state index in [9.17, 15) is 25.3 Å². The molecule has 11 nitrogen and oxygen atoms in total. The number of aryl methyl sites for hydroxylation is 1. The molecule has 0 heterocycles. The van der Waals surface area contributed by atoms with Crippen LogP contribution in [0.1, 0.15) is 12.5 Å². The SMILES string of the molecule is CC=NO.Cc1ccc(S(=O)(=O)Oc2ccc(S(=O)(=O)OOS(=O)(=O)c3ccccc3)c3ccccc23)cc1. The first-order chi connectivity index (χ1) is 18.4. The minimum absolute atomic E-state index is 0.0322. The largest absolute Gasteiger partial charge is 0.411 e. The van der Waals surface area contributed by atoms with E-state index in [-0.39, 0.29) is 26.3 Å². The molecule has 0 bridgehead atoms. The zero-order chi connectivity index (χ0) is 28.7. The molecule has 0 saturated heterocycles. The first-order valence-corrected chi connectivity index (χ1v) is 15.2. The molecule has 0 amide bonds. The predicted molar refractivity (Wildman–Crippen MR) is 142 cm³/mol. The third-order valence-corrected chi connectivity index (χ3v) is 8.55. The van der Waals surface area contributed by atoms with Gasteiger partial charge in [0, 0.05) is 17.0 Å². The van der Waals surface area contributed by atoms with E-state index in [2.05, 4.69) is 13.8 Å². The summed E-state index contributed by atoms with van der Waals surface area (Å²) in [5, 5.41) is 10.2. The van der Waals surface area contributed by atoms with Crippen LogP contribution in [-0.4, -0.2) is 36.7 Å². The molecule has 0 spiro atoms. The van der Waals surface area contributed by atoms with Crippen molar-refractivity contribution in [2.24, 2.45) is 5.16 Å². The molecule has 0 unspecified atom stereocenters. The van der Waals surface area contributed by atoms with Crippen molar-refractivity contribution in [3.05, 3.63) is 96.6 Å². The summed E-state index contributed by atoms with van der Waals surface area (Å²) in [5.74, 6) is -0.127. The van der Waals surface area contributed by atoms with E-state index in [1.54, 1.807) is 38.1 Å². The third-order valence-electron chi connectivity index (χ3n) is 4.98. The summed E-state index contributed by atoms with van der Waals surface area (Å²) in [6.07, 6.45) is 1.31. The van der Waals surface area contributed by atoms with Crippen LogP contribution in [0, 0.1) is 6.92 Å². The van der Waals surface area contributed by atoms with Crippen LogP contribution in [0.5, 0.6) is 5.75 Å². The molecule has 4 aromatic rings. The molecule has 4 rings (SSSR count). The number of oxime groups is 1. The Bertz CT molecular complexity index is 1780. The first kappa shape index (κ1) is 29.7. The second-order valence-corrected chi connectivity index (χ2v) is 12.2. The van der Waals surface area contributed by atoms with Crippen molar-refractivity contribution < 1.29 is 43.3 Å². The average molecular weight is 594 g/mol. The molecule has 4 aromatic carbocycles. The van der Waals surface area contributed by atoms with Gasteiger partial charge in [0.15, 0.2) is 5.75 Å². The molecule has 0 atom stereocenters. The van der Waals surface area contributed by atoms with Crippen LogP contribution in [-0.2, 0) is 39.0 Å². The minimum Gasteiger partial charge on any atom is -0.411 e. The maximum absolute atomic E-state index is 12.8. The fourth-order valence-corrected chi connectivity index (χ4v) is 6.00. The van der Waals surface area contributed by atoms with Gasteiger partial charge in [-0.1, -0.05) is 68.8 Å². The molecule has 0 radical (unpaired) electrons. The lowest BCUT2D eigenvalue weighted by molar-refractivity contribution is -0.0850. The van der Waals surface area contributed by atoms with E-state index in [1.807, 2.05) is 0 Å². The van der Waals surface area contributed by atoms with Crippen LogP contribution in [0.3, 0.4) is 0 Å². The van der Waals surface area contributed by atoms with Crippen LogP contribution in [0.4, 0.5) is 0 Å². The number of rotatable bonds is 8. The van der Waals surface area contributed by atoms with Crippen LogP contribution in [0.25, 0.3) is 10.8 Å². The zero-order valence-electron chi connectivity index (χ0n) is 20.5. The molecule has 0 fully saturated rings. The first-order valence-electron chi connectivity index (χ1n) is 11.0. The van der Waals surface area contributed by atoms with Crippen LogP contribution in [0.15, 0.2) is 111 Å². The van der Waals surface area contributed by atoms with Crippen molar-refractivity contribution >= 4 is 47.3 Å². The number of fused-ring (bicyclic) bond motifs is 1. The number of nitrogens with zero attached hydrogens (tertiary/aromatic N) is 1. The van der Waals surface area contributed by atoms with Crippen molar-refractivity contribution in [2.75, 3.05) is 0 Å².